The van der Waals surface area contributed by atoms with Crippen LogP contribution in [0.3, 0.4) is 0 Å². The van der Waals surface area contributed by atoms with E-state index in [2.05, 4.69) is 4.90 Å². The van der Waals surface area contributed by atoms with E-state index in [0.717, 1.165) is 35.2 Å². The Labute approximate surface area is 148 Å². The fourth-order valence-corrected chi connectivity index (χ4v) is 2.46. The van der Waals surface area contributed by atoms with E-state index in [1.165, 1.54) is 4.57 Å². The number of methoxy groups -OCH3 is 1. The van der Waals surface area contributed by atoms with Crippen LogP contribution < -0.4 is 4.74 Å². The van der Waals surface area contributed by atoms with Crippen LogP contribution >= 0.6 is 11.6 Å². The minimum absolute atomic E-state index is 0.0470. The minimum Gasteiger partial charge on any atom is -0.497 e. The van der Waals surface area contributed by atoms with Crippen molar-refractivity contribution < 1.29 is 14.3 Å². The van der Waals surface area contributed by atoms with Gasteiger partial charge in [0.1, 0.15) is 5.75 Å². The highest BCUT2D eigenvalue weighted by molar-refractivity contribution is 6.20. The van der Waals surface area contributed by atoms with E-state index in [1.807, 2.05) is 52.3 Å². The molecule has 24 heavy (non-hydrogen) atoms. The monoisotopic (exact) mass is 352 g/mol. The Morgan fingerprint density at radius 2 is 2.04 bits per heavy atom. The first-order valence-corrected chi connectivity index (χ1v) is 8.45. The smallest absolute Gasteiger partial charge is 0.419 e. The number of rotatable bonds is 6. The number of carbonyl (C=O) groups excluding carboxylic acids is 1. The molecule has 0 saturated carbocycles. The predicted molar refractivity (Wildman–Crippen MR) is 97.1 cm³/mol. The highest BCUT2D eigenvalue weighted by atomic mass is 35.5. The summed E-state index contributed by atoms with van der Waals surface area (Å²) in [7, 11) is 5.68. The zero-order chi connectivity index (χ0) is 17.9. The molecule has 0 aliphatic rings. The van der Waals surface area contributed by atoms with E-state index < -0.39 is 11.7 Å². The lowest BCUT2D eigenvalue weighted by molar-refractivity contribution is 0.116. The van der Waals surface area contributed by atoms with Gasteiger partial charge in [0.15, 0.2) is 5.56 Å². The number of halogens is 1. The molecule has 1 unspecified atom stereocenters. The molecule has 2 aromatic rings. The van der Waals surface area contributed by atoms with Crippen LogP contribution in [0.5, 0.6) is 5.75 Å². The summed E-state index contributed by atoms with van der Waals surface area (Å²) < 4.78 is 12.2. The second-order valence-corrected chi connectivity index (χ2v) is 6.87. The largest absolute Gasteiger partial charge is 0.497 e. The van der Waals surface area contributed by atoms with Crippen molar-refractivity contribution in [2.75, 3.05) is 27.7 Å². The minimum atomic E-state index is -0.654. The molecule has 5 nitrogen and oxygen atoms in total. The number of aromatic nitrogens is 1. The van der Waals surface area contributed by atoms with Crippen LogP contribution in [0.25, 0.3) is 10.9 Å². The van der Waals surface area contributed by atoms with E-state index in [-0.39, 0.29) is 5.92 Å². The predicted octanol–water partition coefficient (Wildman–Crippen LogP) is 3.96. The molecular formula is C18H25ClN2O3. The maximum Gasteiger partial charge on any atom is 0.419 e. The molecule has 0 aliphatic carbocycles. The average molecular weight is 353 g/mol. The van der Waals surface area contributed by atoms with E-state index in [4.69, 9.17) is 21.1 Å². The molecule has 0 fully saturated rings. The van der Waals surface area contributed by atoms with Gasteiger partial charge in [-0.3, -0.25) is 4.57 Å². The van der Waals surface area contributed by atoms with E-state index in [1.54, 1.807) is 7.11 Å². The maximum atomic E-state index is 12.5. The molecule has 0 radical (unpaired) electrons. The third-order valence-corrected chi connectivity index (χ3v) is 4.45. The number of ether oxygens (including phenoxy) is 2. The summed E-state index contributed by atoms with van der Waals surface area (Å²) in [5.41, 5.74) is 1.21. The van der Waals surface area contributed by atoms with Gasteiger partial charge in [0.05, 0.1) is 12.6 Å². The number of benzene rings is 1. The van der Waals surface area contributed by atoms with Crippen molar-refractivity contribution in [1.82, 2.24) is 9.47 Å². The molecule has 1 aromatic heterocycles. The van der Waals surface area contributed by atoms with Gasteiger partial charge in [0, 0.05) is 24.0 Å². The quantitative estimate of drug-likeness (QED) is 0.738. The van der Waals surface area contributed by atoms with Crippen molar-refractivity contribution in [3.63, 3.8) is 0 Å². The van der Waals surface area contributed by atoms with Crippen molar-refractivity contribution in [2.24, 2.45) is 5.92 Å². The number of nitrogens with zero attached hydrogens (tertiary/aromatic N) is 2. The van der Waals surface area contributed by atoms with Crippen LogP contribution in [0.1, 0.15) is 19.4 Å². The van der Waals surface area contributed by atoms with Gasteiger partial charge >= 0.3 is 6.09 Å². The normalized spacial score (nSPS) is 12.8. The molecule has 1 aromatic carbocycles. The van der Waals surface area contributed by atoms with Gasteiger partial charge in [0.2, 0.25) is 0 Å². The Morgan fingerprint density at radius 1 is 1.33 bits per heavy atom. The first-order valence-electron chi connectivity index (χ1n) is 8.01. The topological polar surface area (TPSA) is 43.7 Å². The standard InChI is InChI=1S/C18H25ClN2O3/c1-12(2)17(19)24-18(22)21-11-13(8-9-20(3)4)15-10-14(23-5)6-7-16(15)21/h6-7,10-12,17H,8-9H2,1-5H3. The zero-order valence-corrected chi connectivity index (χ0v) is 15.6. The summed E-state index contributed by atoms with van der Waals surface area (Å²) in [5.74, 6) is 0.808. The summed E-state index contributed by atoms with van der Waals surface area (Å²) in [6, 6.07) is 5.65. The number of alkyl halides is 1. The number of hydrogen-bond donors (Lipinski definition) is 0. The van der Waals surface area contributed by atoms with Gasteiger partial charge in [-0.25, -0.2) is 4.79 Å². The van der Waals surface area contributed by atoms with Crippen molar-refractivity contribution in [3.05, 3.63) is 30.0 Å². The maximum absolute atomic E-state index is 12.5. The summed E-state index contributed by atoms with van der Waals surface area (Å²) in [5, 5.41) is 0.990. The van der Waals surface area contributed by atoms with Gasteiger partial charge in [-0.1, -0.05) is 25.4 Å². The van der Waals surface area contributed by atoms with Gasteiger partial charge in [-0.15, -0.1) is 0 Å². The van der Waals surface area contributed by atoms with Gasteiger partial charge in [-0.2, -0.15) is 0 Å². The molecule has 2 rings (SSSR count). The molecule has 1 atom stereocenters. The Bertz CT molecular complexity index is 710. The molecule has 0 aliphatic heterocycles. The Balaban J connectivity index is 2.40. The highest BCUT2D eigenvalue weighted by Gasteiger charge is 2.20. The number of likely N-dealkylation sites (N-methyl/N-ethyl adjacent to an activating group) is 1. The molecule has 0 bridgehead atoms. The van der Waals surface area contributed by atoms with Gasteiger partial charge < -0.3 is 14.4 Å². The summed E-state index contributed by atoms with van der Waals surface area (Å²) in [6.45, 7) is 4.70. The summed E-state index contributed by atoms with van der Waals surface area (Å²) in [4.78, 5) is 14.6. The van der Waals surface area contributed by atoms with E-state index >= 15 is 0 Å². The van der Waals surface area contributed by atoms with Crippen LogP contribution in [-0.4, -0.2) is 48.9 Å². The van der Waals surface area contributed by atoms with Gasteiger partial charge in [0.25, 0.3) is 0 Å². The third-order valence-electron chi connectivity index (χ3n) is 3.86. The number of hydrogen-bond acceptors (Lipinski definition) is 4. The molecule has 0 saturated heterocycles. The Kier molecular flexibility index (Phi) is 6.13. The second-order valence-electron chi connectivity index (χ2n) is 6.44. The second kappa shape index (κ2) is 7.90. The lowest BCUT2D eigenvalue weighted by Gasteiger charge is -2.14. The molecule has 132 valence electrons. The van der Waals surface area contributed by atoms with Crippen molar-refractivity contribution in [3.8, 4) is 5.75 Å². The Morgan fingerprint density at radius 3 is 2.62 bits per heavy atom. The van der Waals surface area contributed by atoms with Crippen LogP contribution in [0, 0.1) is 5.92 Å². The first kappa shape index (κ1) is 18.6. The molecule has 0 amide bonds. The van der Waals surface area contributed by atoms with Gasteiger partial charge in [-0.05, 0) is 44.3 Å². The van der Waals surface area contributed by atoms with Crippen LogP contribution in [0.4, 0.5) is 4.79 Å². The van der Waals surface area contributed by atoms with Crippen molar-refractivity contribution >= 4 is 28.6 Å². The highest BCUT2D eigenvalue weighted by Crippen LogP contribution is 2.27. The van der Waals surface area contributed by atoms with E-state index in [9.17, 15) is 4.79 Å². The lowest BCUT2D eigenvalue weighted by Crippen LogP contribution is -2.21. The first-order chi connectivity index (χ1) is 11.3. The molecule has 1 heterocycles. The van der Waals surface area contributed by atoms with Crippen LogP contribution in [-0.2, 0) is 11.2 Å². The zero-order valence-electron chi connectivity index (χ0n) is 14.9. The Hall–Kier alpha value is -1.72. The number of carbonyl (C=O) groups is 1. The molecule has 0 N–H and O–H groups in total. The fraction of sp³-hybridized carbons (Fsp3) is 0.500. The number of fused-ring (bicyclic) bond motifs is 1. The van der Waals surface area contributed by atoms with Crippen molar-refractivity contribution in [2.45, 2.75) is 25.8 Å². The molecule has 6 heteroatoms. The third kappa shape index (κ3) is 4.22. The summed E-state index contributed by atoms with van der Waals surface area (Å²) in [6.07, 6.45) is 2.20. The van der Waals surface area contributed by atoms with Crippen LogP contribution in [0.15, 0.2) is 24.4 Å². The fourth-order valence-electron chi connectivity index (χ4n) is 2.39. The summed E-state index contributed by atoms with van der Waals surface area (Å²) >= 11 is 6.09. The lowest BCUT2D eigenvalue weighted by atomic mass is 10.1. The SMILES string of the molecule is COc1ccc2c(c1)c(CCN(C)C)cn2C(=O)OC(Cl)C(C)C. The molecule has 0 spiro atoms. The average Bonchev–Trinajstić information content (AvgIpc) is 2.90. The van der Waals surface area contributed by atoms with Crippen molar-refractivity contribution in [1.29, 1.82) is 0 Å². The molecular weight excluding hydrogens is 328 g/mol. The van der Waals surface area contributed by atoms with E-state index in [0.29, 0.717) is 0 Å². The van der Waals surface area contributed by atoms with Crippen LogP contribution in [0.2, 0.25) is 0 Å².